The normalized spacial score (nSPS) is 10.5. The van der Waals surface area contributed by atoms with Gasteiger partial charge < -0.3 is 14.5 Å². The monoisotopic (exact) mass is 368 g/mol. The number of amides is 1. The van der Waals surface area contributed by atoms with Gasteiger partial charge in [0, 0.05) is 31.9 Å². The molecule has 0 heterocycles. The number of hydrogen-bond donors (Lipinski definition) is 0. The molecule has 6 nitrogen and oxygen atoms in total. The first-order chi connectivity index (χ1) is 13.0. The summed E-state index contributed by atoms with van der Waals surface area (Å²) in [5, 5.41) is 1.13. The molecule has 6 heteroatoms. The van der Waals surface area contributed by atoms with E-state index in [1.165, 1.54) is 6.08 Å². The Hall–Kier alpha value is -3.28. The molecule has 0 aliphatic heterocycles. The second-order valence-electron chi connectivity index (χ2n) is 5.99. The van der Waals surface area contributed by atoms with Crippen LogP contribution in [0.2, 0.25) is 0 Å². The Bertz CT molecular complexity index is 771. The molecule has 0 saturated carbocycles. The van der Waals surface area contributed by atoms with E-state index in [1.807, 2.05) is 44.4 Å². The summed E-state index contributed by atoms with van der Waals surface area (Å²) in [4.78, 5) is 31.6. The molecule has 2 aromatic rings. The summed E-state index contributed by atoms with van der Waals surface area (Å²) in [6.45, 7) is 2.28. The Morgan fingerprint density at radius 1 is 1.00 bits per heavy atom. The summed E-state index contributed by atoms with van der Waals surface area (Å²) in [7, 11) is 3.69. The van der Waals surface area contributed by atoms with E-state index < -0.39 is 6.09 Å². The van der Waals surface area contributed by atoms with Crippen molar-refractivity contribution in [3.05, 3.63) is 78.0 Å². The van der Waals surface area contributed by atoms with Crippen LogP contribution in [-0.2, 0) is 11.3 Å². The third-order valence-electron chi connectivity index (χ3n) is 3.57. The highest BCUT2D eigenvalue weighted by Crippen LogP contribution is 2.15. The zero-order valence-corrected chi connectivity index (χ0v) is 15.8. The first-order valence-corrected chi connectivity index (χ1v) is 8.64. The van der Waals surface area contributed by atoms with Gasteiger partial charge >= 0.3 is 6.09 Å². The molecule has 1 amide bonds. The van der Waals surface area contributed by atoms with E-state index in [2.05, 4.69) is 0 Å². The van der Waals surface area contributed by atoms with Gasteiger partial charge in [-0.2, -0.15) is 0 Å². The van der Waals surface area contributed by atoms with Crippen LogP contribution in [-0.4, -0.2) is 42.5 Å². The first-order valence-electron chi connectivity index (χ1n) is 8.64. The van der Waals surface area contributed by atoms with Crippen LogP contribution in [0.25, 0.3) is 0 Å². The molecule has 0 saturated heterocycles. The van der Waals surface area contributed by atoms with Gasteiger partial charge in [0.25, 0.3) is 0 Å². The second-order valence-corrected chi connectivity index (χ2v) is 5.99. The van der Waals surface area contributed by atoms with E-state index in [-0.39, 0.29) is 12.4 Å². The van der Waals surface area contributed by atoms with Crippen LogP contribution in [0.3, 0.4) is 0 Å². The molecule has 27 heavy (non-hydrogen) atoms. The fourth-order valence-electron chi connectivity index (χ4n) is 2.14. The van der Waals surface area contributed by atoms with Crippen LogP contribution in [0.15, 0.2) is 66.9 Å². The van der Waals surface area contributed by atoms with Gasteiger partial charge in [0.2, 0.25) is 0 Å². The Morgan fingerprint density at radius 3 is 2.26 bits per heavy atom. The smallest absolute Gasteiger partial charge is 0.442 e. The Morgan fingerprint density at radius 2 is 1.67 bits per heavy atom. The number of carbonyl (C=O) groups excluding carboxylic acids is 2. The maximum absolute atomic E-state index is 12.2. The molecule has 2 rings (SSSR count). The quantitative estimate of drug-likeness (QED) is 0.402. The molecular formula is C21H24N2O4. The number of carbonyl (C=O) groups is 2. The average molecular weight is 368 g/mol. The highest BCUT2D eigenvalue weighted by atomic mass is 16.7. The van der Waals surface area contributed by atoms with Crippen molar-refractivity contribution in [2.75, 3.05) is 20.6 Å². The molecule has 142 valence electrons. The SMILES string of the molecule is CCN(Oc1ccc(C(=O)C=CN(C)C)cc1)C(=O)OCc1ccccc1. The molecule has 0 unspecified atom stereocenters. The van der Waals surface area contributed by atoms with Gasteiger partial charge in [0.1, 0.15) is 6.61 Å². The summed E-state index contributed by atoms with van der Waals surface area (Å²) in [6, 6.07) is 16.0. The van der Waals surface area contributed by atoms with E-state index in [4.69, 9.17) is 9.57 Å². The summed E-state index contributed by atoms with van der Waals surface area (Å²) in [5.41, 5.74) is 1.44. The van der Waals surface area contributed by atoms with Crippen molar-refractivity contribution in [3.8, 4) is 5.75 Å². The van der Waals surface area contributed by atoms with Crippen LogP contribution >= 0.6 is 0 Å². The number of ketones is 1. The topological polar surface area (TPSA) is 59.1 Å². The van der Waals surface area contributed by atoms with Gasteiger partial charge in [-0.25, -0.2) is 4.79 Å². The lowest BCUT2D eigenvalue weighted by Gasteiger charge is -2.20. The molecule has 0 radical (unpaired) electrons. The van der Waals surface area contributed by atoms with Crippen LogP contribution in [0.1, 0.15) is 22.8 Å². The highest BCUT2D eigenvalue weighted by molar-refractivity contribution is 6.04. The Labute approximate surface area is 159 Å². The van der Waals surface area contributed by atoms with Gasteiger partial charge in [0.15, 0.2) is 11.5 Å². The maximum atomic E-state index is 12.2. The largest absolute Gasteiger partial charge is 0.443 e. The van der Waals surface area contributed by atoms with Crippen LogP contribution < -0.4 is 4.84 Å². The predicted molar refractivity (Wildman–Crippen MR) is 103 cm³/mol. The molecule has 0 bridgehead atoms. The third kappa shape index (κ3) is 6.51. The molecule has 0 fully saturated rings. The van der Waals surface area contributed by atoms with Gasteiger partial charge in [-0.05, 0) is 36.8 Å². The Balaban J connectivity index is 1.93. The van der Waals surface area contributed by atoms with E-state index in [9.17, 15) is 9.59 Å². The third-order valence-corrected chi connectivity index (χ3v) is 3.57. The van der Waals surface area contributed by atoms with Crippen molar-refractivity contribution in [2.45, 2.75) is 13.5 Å². The van der Waals surface area contributed by atoms with Crippen LogP contribution in [0.4, 0.5) is 4.79 Å². The molecule has 0 aliphatic carbocycles. The molecule has 2 aromatic carbocycles. The van der Waals surface area contributed by atoms with Gasteiger partial charge in [-0.15, -0.1) is 5.06 Å². The summed E-state index contributed by atoms with van der Waals surface area (Å²) in [5.74, 6) is 0.339. The number of hydrogen-bond acceptors (Lipinski definition) is 5. The molecule has 0 atom stereocenters. The predicted octanol–water partition coefficient (Wildman–Crippen LogP) is 3.90. The lowest BCUT2D eigenvalue weighted by molar-refractivity contribution is -0.0466. The van der Waals surface area contributed by atoms with Crippen LogP contribution in [0.5, 0.6) is 5.75 Å². The lowest BCUT2D eigenvalue weighted by atomic mass is 10.1. The standard InChI is InChI=1S/C21H24N2O4/c1-4-23(21(25)26-16-17-8-6-5-7-9-17)27-19-12-10-18(11-13-19)20(24)14-15-22(2)3/h5-15H,4,16H2,1-3H3. The van der Waals surface area contributed by atoms with Crippen molar-refractivity contribution < 1.29 is 19.2 Å². The van der Waals surface area contributed by atoms with Crippen molar-refractivity contribution in [3.63, 3.8) is 0 Å². The molecule has 0 aliphatic rings. The average Bonchev–Trinajstić information content (AvgIpc) is 2.69. The van der Waals surface area contributed by atoms with E-state index in [0.29, 0.717) is 17.9 Å². The summed E-state index contributed by atoms with van der Waals surface area (Å²) >= 11 is 0. The van der Waals surface area contributed by atoms with Crippen molar-refractivity contribution in [2.24, 2.45) is 0 Å². The lowest BCUT2D eigenvalue weighted by Crippen LogP contribution is -2.34. The number of nitrogens with zero attached hydrogens (tertiary/aromatic N) is 2. The van der Waals surface area contributed by atoms with Gasteiger partial charge in [-0.3, -0.25) is 4.79 Å². The minimum absolute atomic E-state index is 0.107. The van der Waals surface area contributed by atoms with Crippen LogP contribution in [0, 0.1) is 0 Å². The number of ether oxygens (including phenoxy) is 1. The second kappa shape index (κ2) is 10.0. The zero-order valence-electron chi connectivity index (χ0n) is 15.8. The zero-order chi connectivity index (χ0) is 19.6. The number of hydroxylamine groups is 2. The van der Waals surface area contributed by atoms with E-state index >= 15 is 0 Å². The van der Waals surface area contributed by atoms with Gasteiger partial charge in [-0.1, -0.05) is 30.3 Å². The van der Waals surface area contributed by atoms with Crippen molar-refractivity contribution in [1.29, 1.82) is 0 Å². The summed E-state index contributed by atoms with van der Waals surface area (Å²) in [6.07, 6.45) is 2.61. The molecule has 0 spiro atoms. The summed E-state index contributed by atoms with van der Waals surface area (Å²) < 4.78 is 5.26. The highest BCUT2D eigenvalue weighted by Gasteiger charge is 2.16. The minimum Gasteiger partial charge on any atom is -0.442 e. The molecule has 0 N–H and O–H groups in total. The molecule has 0 aromatic heterocycles. The van der Waals surface area contributed by atoms with Crippen molar-refractivity contribution >= 4 is 11.9 Å². The molecular weight excluding hydrogens is 344 g/mol. The maximum Gasteiger partial charge on any atom is 0.443 e. The number of allylic oxidation sites excluding steroid dienone is 1. The van der Waals surface area contributed by atoms with E-state index in [0.717, 1.165) is 10.6 Å². The Kier molecular flexibility index (Phi) is 7.43. The van der Waals surface area contributed by atoms with Crippen molar-refractivity contribution in [1.82, 2.24) is 9.96 Å². The number of benzene rings is 2. The fraction of sp³-hybridized carbons (Fsp3) is 0.238. The minimum atomic E-state index is -0.574. The number of rotatable bonds is 8. The van der Waals surface area contributed by atoms with Gasteiger partial charge in [0.05, 0.1) is 6.54 Å². The fourth-order valence-corrected chi connectivity index (χ4v) is 2.14. The first kappa shape index (κ1) is 20.0. The van der Waals surface area contributed by atoms with E-state index in [1.54, 1.807) is 42.3 Å².